The highest BCUT2D eigenvalue weighted by atomic mass is 35.5. The smallest absolute Gasteiger partial charge is 0.292 e. The Hall–Kier alpha value is -2.25. The van der Waals surface area contributed by atoms with E-state index < -0.39 is 0 Å². The van der Waals surface area contributed by atoms with Crippen LogP contribution in [0.25, 0.3) is 0 Å². The van der Waals surface area contributed by atoms with Crippen LogP contribution in [0.5, 0.6) is 0 Å². The predicted octanol–water partition coefficient (Wildman–Crippen LogP) is 3.01. The fourth-order valence-electron chi connectivity index (χ4n) is 1.95. The van der Waals surface area contributed by atoms with E-state index in [1.54, 1.807) is 0 Å². The van der Waals surface area contributed by atoms with Crippen molar-refractivity contribution in [3.8, 4) is 12.3 Å². The molecule has 0 amide bonds. The van der Waals surface area contributed by atoms with Gasteiger partial charge in [-0.1, -0.05) is 47.4 Å². The molecule has 0 aliphatic heterocycles. The van der Waals surface area contributed by atoms with Gasteiger partial charge in [0.05, 0.1) is 11.2 Å². The first-order valence-corrected chi connectivity index (χ1v) is 6.93. The van der Waals surface area contributed by atoms with Crippen LogP contribution in [0, 0.1) is 19.3 Å². The van der Waals surface area contributed by atoms with Crippen LogP contribution in [0.15, 0.2) is 35.3 Å². The van der Waals surface area contributed by atoms with Crippen LogP contribution >= 0.6 is 11.6 Å². The molecule has 0 aliphatic carbocycles. The highest BCUT2D eigenvalue weighted by molar-refractivity contribution is 6.33. The van der Waals surface area contributed by atoms with Crippen LogP contribution in [0.2, 0.25) is 5.02 Å². The van der Waals surface area contributed by atoms with Crippen molar-refractivity contribution in [2.45, 2.75) is 26.4 Å². The quantitative estimate of drug-likeness (QED) is 0.883. The van der Waals surface area contributed by atoms with Gasteiger partial charge in [0.15, 0.2) is 0 Å². The number of aromatic nitrogens is 2. The molecule has 2 rings (SSSR count). The van der Waals surface area contributed by atoms with Gasteiger partial charge in [-0.3, -0.25) is 4.79 Å². The van der Waals surface area contributed by atoms with E-state index in [1.165, 1.54) is 16.4 Å². The lowest BCUT2D eigenvalue weighted by molar-refractivity contribution is 0.662. The molecule has 4 nitrogen and oxygen atoms in total. The number of terminal acetylenes is 1. The Kier molecular flexibility index (Phi) is 4.66. The Morgan fingerprint density at radius 3 is 2.71 bits per heavy atom. The molecular formula is C16H16ClN3O. The number of halogens is 1. The highest BCUT2D eigenvalue weighted by Crippen LogP contribution is 2.22. The first kappa shape index (κ1) is 15.1. The lowest BCUT2D eigenvalue weighted by Gasteiger charge is -2.17. The van der Waals surface area contributed by atoms with Gasteiger partial charge in [0.1, 0.15) is 12.2 Å². The maximum absolute atomic E-state index is 12.3. The van der Waals surface area contributed by atoms with Gasteiger partial charge < -0.3 is 5.32 Å². The van der Waals surface area contributed by atoms with E-state index in [2.05, 4.69) is 16.3 Å². The first-order valence-electron chi connectivity index (χ1n) is 6.55. The second-order valence-corrected chi connectivity index (χ2v) is 5.22. The van der Waals surface area contributed by atoms with Gasteiger partial charge in [-0.05, 0) is 19.4 Å². The van der Waals surface area contributed by atoms with E-state index in [1.807, 2.05) is 38.1 Å². The molecule has 5 heteroatoms. The van der Waals surface area contributed by atoms with Crippen molar-refractivity contribution in [2.24, 2.45) is 0 Å². The summed E-state index contributed by atoms with van der Waals surface area (Å²) in [6.45, 7) is 4.11. The standard InChI is InChI=1S/C16H16ClN3O/c1-4-9-20-16(21)15(14(17)10-18-20)19-12(3)13-7-5-11(2)6-8-13/h1,5-8,10,12,19H,9H2,2-3H3. The Morgan fingerprint density at radius 2 is 2.10 bits per heavy atom. The Morgan fingerprint density at radius 1 is 1.43 bits per heavy atom. The number of anilines is 1. The molecule has 1 aromatic heterocycles. The van der Waals surface area contributed by atoms with Crippen molar-refractivity contribution in [1.82, 2.24) is 9.78 Å². The van der Waals surface area contributed by atoms with E-state index in [9.17, 15) is 4.79 Å². The molecule has 0 fully saturated rings. The molecule has 0 bridgehead atoms. The van der Waals surface area contributed by atoms with Gasteiger partial charge >= 0.3 is 0 Å². The van der Waals surface area contributed by atoms with Gasteiger partial charge in [0.25, 0.3) is 5.56 Å². The van der Waals surface area contributed by atoms with E-state index in [0.717, 1.165) is 5.56 Å². The van der Waals surface area contributed by atoms with E-state index in [-0.39, 0.29) is 23.2 Å². The molecule has 1 unspecified atom stereocenters. The van der Waals surface area contributed by atoms with Crippen molar-refractivity contribution < 1.29 is 0 Å². The lowest BCUT2D eigenvalue weighted by atomic mass is 10.1. The second kappa shape index (κ2) is 6.47. The molecule has 0 spiro atoms. The minimum absolute atomic E-state index is 0.0579. The zero-order valence-corrected chi connectivity index (χ0v) is 12.7. The van der Waals surface area contributed by atoms with Gasteiger partial charge in [0, 0.05) is 6.04 Å². The monoisotopic (exact) mass is 301 g/mol. The molecular weight excluding hydrogens is 286 g/mol. The minimum atomic E-state index is -0.320. The van der Waals surface area contributed by atoms with Crippen molar-refractivity contribution in [3.63, 3.8) is 0 Å². The molecule has 21 heavy (non-hydrogen) atoms. The summed E-state index contributed by atoms with van der Waals surface area (Å²) in [7, 11) is 0. The summed E-state index contributed by atoms with van der Waals surface area (Å²) in [5, 5.41) is 7.33. The number of hydrogen-bond acceptors (Lipinski definition) is 3. The van der Waals surface area contributed by atoms with Crippen LogP contribution in [-0.2, 0) is 6.54 Å². The molecule has 0 radical (unpaired) electrons. The molecule has 1 aromatic carbocycles. The lowest BCUT2D eigenvalue weighted by Crippen LogP contribution is -2.26. The summed E-state index contributed by atoms with van der Waals surface area (Å²) in [5.74, 6) is 2.39. The normalized spacial score (nSPS) is 11.7. The summed E-state index contributed by atoms with van der Waals surface area (Å²) in [6.07, 6.45) is 6.64. The highest BCUT2D eigenvalue weighted by Gasteiger charge is 2.13. The second-order valence-electron chi connectivity index (χ2n) is 4.81. The number of rotatable bonds is 4. The molecule has 1 atom stereocenters. The van der Waals surface area contributed by atoms with Crippen LogP contribution < -0.4 is 10.9 Å². The zero-order chi connectivity index (χ0) is 15.4. The van der Waals surface area contributed by atoms with E-state index >= 15 is 0 Å². The third-order valence-electron chi connectivity index (χ3n) is 3.18. The maximum Gasteiger partial charge on any atom is 0.292 e. The average Bonchev–Trinajstić information content (AvgIpc) is 2.47. The summed E-state index contributed by atoms with van der Waals surface area (Å²) in [4.78, 5) is 12.3. The number of nitrogens with one attached hydrogen (secondary N) is 1. The van der Waals surface area contributed by atoms with Crippen LogP contribution in [-0.4, -0.2) is 9.78 Å². The van der Waals surface area contributed by atoms with Gasteiger partial charge in [0.2, 0.25) is 0 Å². The van der Waals surface area contributed by atoms with Gasteiger partial charge in [-0.25, -0.2) is 4.68 Å². The summed E-state index contributed by atoms with van der Waals surface area (Å²) >= 11 is 6.07. The van der Waals surface area contributed by atoms with Crippen molar-refractivity contribution >= 4 is 17.3 Å². The van der Waals surface area contributed by atoms with Crippen molar-refractivity contribution in [3.05, 3.63) is 57.0 Å². The molecule has 0 saturated heterocycles. The molecule has 2 aromatic rings. The van der Waals surface area contributed by atoms with E-state index in [4.69, 9.17) is 18.0 Å². The number of nitrogens with zero attached hydrogens (tertiary/aromatic N) is 2. The molecule has 108 valence electrons. The number of aryl methyl sites for hydroxylation is 1. The SMILES string of the molecule is C#CCn1ncc(Cl)c(NC(C)c2ccc(C)cc2)c1=O. The Bertz CT molecular complexity index is 729. The topological polar surface area (TPSA) is 46.9 Å². The van der Waals surface area contributed by atoms with Crippen molar-refractivity contribution in [1.29, 1.82) is 0 Å². The number of hydrogen-bond donors (Lipinski definition) is 1. The third kappa shape index (κ3) is 3.45. The predicted molar refractivity (Wildman–Crippen MR) is 85.6 cm³/mol. The van der Waals surface area contributed by atoms with Crippen LogP contribution in [0.4, 0.5) is 5.69 Å². The summed E-state index contributed by atoms with van der Waals surface area (Å²) < 4.78 is 1.20. The van der Waals surface area contributed by atoms with Crippen molar-refractivity contribution in [2.75, 3.05) is 5.32 Å². The molecule has 1 N–H and O–H groups in total. The third-order valence-corrected chi connectivity index (χ3v) is 3.46. The summed E-state index contributed by atoms with van der Waals surface area (Å²) in [5.41, 5.74) is 2.25. The van der Waals surface area contributed by atoms with E-state index in [0.29, 0.717) is 5.69 Å². The fraction of sp³-hybridized carbons (Fsp3) is 0.250. The zero-order valence-electron chi connectivity index (χ0n) is 11.9. The maximum atomic E-state index is 12.3. The summed E-state index contributed by atoms with van der Waals surface area (Å²) in [6, 6.07) is 8.03. The Labute approximate surface area is 128 Å². The van der Waals surface area contributed by atoms with Crippen LogP contribution in [0.3, 0.4) is 0 Å². The number of benzene rings is 1. The van der Waals surface area contributed by atoms with Gasteiger partial charge in [-0.15, -0.1) is 6.42 Å². The first-order chi connectivity index (χ1) is 10.0. The largest absolute Gasteiger partial charge is 0.373 e. The molecule has 0 saturated carbocycles. The Balaban J connectivity index is 2.31. The minimum Gasteiger partial charge on any atom is -0.373 e. The molecule has 1 heterocycles. The van der Waals surface area contributed by atoms with Crippen LogP contribution in [0.1, 0.15) is 24.1 Å². The fourth-order valence-corrected chi connectivity index (χ4v) is 2.13. The molecule has 0 aliphatic rings. The average molecular weight is 302 g/mol. The van der Waals surface area contributed by atoms with Gasteiger partial charge in [-0.2, -0.15) is 5.10 Å².